The van der Waals surface area contributed by atoms with Crippen molar-refractivity contribution in [1.82, 2.24) is 14.7 Å². The molecule has 2 aromatic rings. The van der Waals surface area contributed by atoms with Gasteiger partial charge in [0.2, 0.25) is 5.91 Å². The van der Waals surface area contributed by atoms with E-state index in [1.54, 1.807) is 0 Å². The number of hydrogen-bond acceptors (Lipinski definition) is 2. The zero-order valence-corrected chi connectivity index (χ0v) is 15.6. The summed E-state index contributed by atoms with van der Waals surface area (Å²) in [6.07, 6.45) is 1.43. The Morgan fingerprint density at radius 3 is 2.54 bits per heavy atom. The Labute approximate surface area is 161 Å². The number of nitrogens with zero attached hydrogens (tertiary/aromatic N) is 3. The van der Waals surface area contributed by atoms with Crippen molar-refractivity contribution in [2.75, 3.05) is 6.54 Å². The van der Waals surface area contributed by atoms with Crippen molar-refractivity contribution in [2.24, 2.45) is 0 Å². The van der Waals surface area contributed by atoms with Crippen molar-refractivity contribution in [2.45, 2.75) is 63.6 Å². The normalized spacial score (nSPS) is 21.9. The van der Waals surface area contributed by atoms with Gasteiger partial charge in [-0.3, -0.25) is 4.79 Å². The maximum absolute atomic E-state index is 13.5. The van der Waals surface area contributed by atoms with Gasteiger partial charge in [0, 0.05) is 30.3 Å². The van der Waals surface area contributed by atoms with Gasteiger partial charge in [-0.1, -0.05) is 6.07 Å². The van der Waals surface area contributed by atoms with E-state index in [0.717, 1.165) is 44.2 Å². The number of hydrogen-bond donors (Lipinski definition) is 0. The molecule has 1 saturated heterocycles. The number of aromatic nitrogens is 2. The summed E-state index contributed by atoms with van der Waals surface area (Å²) in [6, 6.07) is 6.01. The smallest absolute Gasteiger partial charge is 0.339 e. The van der Waals surface area contributed by atoms with Gasteiger partial charge < -0.3 is 4.90 Å². The molecule has 1 aromatic carbocycles. The van der Waals surface area contributed by atoms with Crippen molar-refractivity contribution in [3.8, 4) is 5.69 Å². The molecule has 0 spiro atoms. The van der Waals surface area contributed by atoms with Gasteiger partial charge in [-0.2, -0.15) is 18.3 Å². The second kappa shape index (κ2) is 6.36. The molecule has 1 amide bonds. The van der Waals surface area contributed by atoms with E-state index in [0.29, 0.717) is 36.2 Å². The Kier molecular flexibility index (Phi) is 4.03. The average molecular weight is 389 g/mol. The monoisotopic (exact) mass is 389 g/mol. The number of likely N-dealkylation sites (tertiary alicyclic amines) is 1. The molecule has 4 nitrogen and oxygen atoms in total. The number of rotatable bonds is 2. The second-order valence-electron chi connectivity index (χ2n) is 8.10. The molecule has 0 bridgehead atoms. The SMILES string of the molecule is O=C1CCCN1C1Cc2ccc(-n3nc(C(F)(F)F)c4c3CCCC4)cc2C1. The Hall–Kier alpha value is -2.31. The van der Waals surface area contributed by atoms with Gasteiger partial charge >= 0.3 is 6.18 Å². The van der Waals surface area contributed by atoms with Crippen LogP contribution in [0.25, 0.3) is 5.69 Å². The highest BCUT2D eigenvalue weighted by atomic mass is 19.4. The molecule has 0 radical (unpaired) electrons. The standard InChI is InChI=1S/C21H22F3N3O/c22-21(23,24)20-17-4-1-2-5-18(17)27(25-20)15-8-7-13-10-16(12-14(13)11-15)26-9-3-6-19(26)28/h7-8,11,16H,1-6,9-10,12H2. The lowest BCUT2D eigenvalue weighted by Crippen LogP contribution is -2.36. The fourth-order valence-corrected chi connectivity index (χ4v) is 5.03. The molecule has 5 rings (SSSR count). The summed E-state index contributed by atoms with van der Waals surface area (Å²) >= 11 is 0. The van der Waals surface area contributed by atoms with Crippen LogP contribution in [-0.4, -0.2) is 33.2 Å². The molecule has 2 heterocycles. The van der Waals surface area contributed by atoms with Crippen LogP contribution in [0.15, 0.2) is 18.2 Å². The molecule has 148 valence electrons. The zero-order chi connectivity index (χ0) is 19.5. The van der Waals surface area contributed by atoms with Crippen LogP contribution in [0, 0.1) is 0 Å². The van der Waals surface area contributed by atoms with Crippen LogP contribution in [0.4, 0.5) is 13.2 Å². The number of carbonyl (C=O) groups excluding carboxylic acids is 1. The van der Waals surface area contributed by atoms with Crippen LogP contribution in [0.5, 0.6) is 0 Å². The van der Waals surface area contributed by atoms with Crippen LogP contribution < -0.4 is 0 Å². The van der Waals surface area contributed by atoms with E-state index in [1.807, 2.05) is 23.1 Å². The third kappa shape index (κ3) is 2.83. The van der Waals surface area contributed by atoms with Gasteiger partial charge in [-0.25, -0.2) is 4.68 Å². The van der Waals surface area contributed by atoms with Crippen LogP contribution >= 0.6 is 0 Å². The highest BCUT2D eigenvalue weighted by Gasteiger charge is 2.40. The number of amides is 1. The van der Waals surface area contributed by atoms with Gasteiger partial charge in [0.1, 0.15) is 0 Å². The summed E-state index contributed by atoms with van der Waals surface area (Å²) in [7, 11) is 0. The van der Waals surface area contributed by atoms with Crippen LogP contribution in [0.3, 0.4) is 0 Å². The van der Waals surface area contributed by atoms with Crippen molar-refractivity contribution in [1.29, 1.82) is 0 Å². The van der Waals surface area contributed by atoms with Crippen molar-refractivity contribution < 1.29 is 18.0 Å². The molecule has 1 atom stereocenters. The molecular formula is C21H22F3N3O. The quantitative estimate of drug-likeness (QED) is 0.782. The lowest BCUT2D eigenvalue weighted by Gasteiger charge is -2.23. The van der Waals surface area contributed by atoms with E-state index >= 15 is 0 Å². The van der Waals surface area contributed by atoms with E-state index in [1.165, 1.54) is 10.2 Å². The lowest BCUT2D eigenvalue weighted by molar-refractivity contribution is -0.142. The van der Waals surface area contributed by atoms with Crippen molar-refractivity contribution >= 4 is 5.91 Å². The van der Waals surface area contributed by atoms with E-state index in [2.05, 4.69) is 5.10 Å². The molecule has 28 heavy (non-hydrogen) atoms. The van der Waals surface area contributed by atoms with Crippen LogP contribution in [0.1, 0.15) is 53.8 Å². The predicted octanol–water partition coefficient (Wildman–Crippen LogP) is 3.86. The molecule has 7 heteroatoms. The minimum absolute atomic E-state index is 0.178. The first-order valence-electron chi connectivity index (χ1n) is 10.0. The second-order valence-corrected chi connectivity index (χ2v) is 8.10. The molecule has 1 fully saturated rings. The third-order valence-electron chi connectivity index (χ3n) is 6.35. The van der Waals surface area contributed by atoms with E-state index < -0.39 is 11.9 Å². The van der Waals surface area contributed by atoms with Crippen LogP contribution in [0.2, 0.25) is 0 Å². The molecule has 1 aromatic heterocycles. The molecule has 1 unspecified atom stereocenters. The first kappa shape index (κ1) is 17.8. The first-order valence-corrected chi connectivity index (χ1v) is 10.0. The van der Waals surface area contributed by atoms with Gasteiger partial charge in [-0.15, -0.1) is 0 Å². The van der Waals surface area contributed by atoms with Gasteiger partial charge in [0.05, 0.1) is 5.69 Å². The highest BCUT2D eigenvalue weighted by molar-refractivity contribution is 5.78. The first-order chi connectivity index (χ1) is 13.4. The highest BCUT2D eigenvalue weighted by Crippen LogP contribution is 2.37. The summed E-state index contributed by atoms with van der Waals surface area (Å²) in [5.74, 6) is 0.217. The third-order valence-corrected chi connectivity index (χ3v) is 6.35. The zero-order valence-electron chi connectivity index (χ0n) is 15.6. The summed E-state index contributed by atoms with van der Waals surface area (Å²) in [5.41, 5.74) is 3.33. The average Bonchev–Trinajstić information content (AvgIpc) is 3.35. The number of halogens is 3. The van der Waals surface area contributed by atoms with E-state index in [9.17, 15) is 18.0 Å². The number of fused-ring (bicyclic) bond motifs is 2. The molecular weight excluding hydrogens is 367 g/mol. The number of alkyl halides is 3. The summed E-state index contributed by atoms with van der Waals surface area (Å²) < 4.78 is 41.9. The topological polar surface area (TPSA) is 38.1 Å². The summed E-state index contributed by atoms with van der Waals surface area (Å²) in [4.78, 5) is 14.0. The minimum atomic E-state index is -4.43. The maximum atomic E-state index is 13.5. The molecule has 2 aliphatic carbocycles. The fourth-order valence-electron chi connectivity index (χ4n) is 5.03. The lowest BCUT2D eigenvalue weighted by atomic mass is 9.95. The molecule has 0 saturated carbocycles. The minimum Gasteiger partial charge on any atom is -0.339 e. The number of benzene rings is 1. The van der Waals surface area contributed by atoms with Crippen molar-refractivity contribution in [3.63, 3.8) is 0 Å². The molecule has 1 aliphatic heterocycles. The predicted molar refractivity (Wildman–Crippen MR) is 97.4 cm³/mol. The fraction of sp³-hybridized carbons (Fsp3) is 0.524. The summed E-state index contributed by atoms with van der Waals surface area (Å²) in [6.45, 7) is 0.811. The Balaban J connectivity index is 1.50. The van der Waals surface area contributed by atoms with Crippen molar-refractivity contribution in [3.05, 3.63) is 46.3 Å². The molecule has 3 aliphatic rings. The largest absolute Gasteiger partial charge is 0.435 e. The maximum Gasteiger partial charge on any atom is 0.435 e. The Morgan fingerprint density at radius 1 is 1.00 bits per heavy atom. The Bertz CT molecular complexity index is 947. The van der Waals surface area contributed by atoms with E-state index in [-0.39, 0.29) is 11.9 Å². The van der Waals surface area contributed by atoms with Gasteiger partial charge in [0.15, 0.2) is 5.69 Å². The number of carbonyl (C=O) groups is 1. The van der Waals surface area contributed by atoms with Gasteiger partial charge in [0.25, 0.3) is 0 Å². The van der Waals surface area contributed by atoms with E-state index in [4.69, 9.17) is 0 Å². The Morgan fingerprint density at radius 2 is 1.79 bits per heavy atom. The molecule has 0 N–H and O–H groups in total. The van der Waals surface area contributed by atoms with Gasteiger partial charge in [-0.05, 0) is 68.2 Å². The summed E-state index contributed by atoms with van der Waals surface area (Å²) in [5, 5.41) is 3.99. The van der Waals surface area contributed by atoms with Crippen LogP contribution in [-0.2, 0) is 36.7 Å².